The highest BCUT2D eigenvalue weighted by Crippen LogP contribution is 2.40. The van der Waals surface area contributed by atoms with Crippen molar-refractivity contribution in [1.82, 2.24) is 4.90 Å². The fourth-order valence-corrected chi connectivity index (χ4v) is 3.63. The van der Waals surface area contributed by atoms with Gasteiger partial charge in [-0.2, -0.15) is 0 Å². The molecule has 1 amide bonds. The Balaban J connectivity index is 2.04. The van der Waals surface area contributed by atoms with Crippen molar-refractivity contribution in [3.8, 4) is 5.75 Å². The predicted octanol–water partition coefficient (Wildman–Crippen LogP) is 3.93. The smallest absolute Gasteiger partial charge is 0.295 e. The summed E-state index contributed by atoms with van der Waals surface area (Å²) in [6.07, 6.45) is 0.680. The van der Waals surface area contributed by atoms with Crippen LogP contribution in [0.2, 0.25) is 0 Å². The van der Waals surface area contributed by atoms with E-state index >= 15 is 0 Å². The van der Waals surface area contributed by atoms with E-state index in [1.165, 1.54) is 12.0 Å². The molecule has 1 aliphatic heterocycles. The first kappa shape index (κ1) is 21.6. The molecule has 1 aliphatic rings. The summed E-state index contributed by atoms with van der Waals surface area (Å²) in [5, 5.41) is 11.1. The van der Waals surface area contributed by atoms with Gasteiger partial charge >= 0.3 is 0 Å². The Labute approximate surface area is 176 Å². The standard InChI is InChI=1S/C24H27NO5/c1-16(2)30-15-9-14-25-21(17-10-5-4-6-11-17)20(23(27)24(25)28)22(26)18-12-7-8-13-19(18)29-3/h4-8,10-13,16,21,26H,9,14-15H2,1-3H3/b22-20-. The summed E-state index contributed by atoms with van der Waals surface area (Å²) in [6, 6.07) is 15.5. The van der Waals surface area contributed by atoms with Gasteiger partial charge in [0.2, 0.25) is 0 Å². The summed E-state index contributed by atoms with van der Waals surface area (Å²) in [7, 11) is 1.49. The van der Waals surface area contributed by atoms with Gasteiger partial charge < -0.3 is 19.5 Å². The summed E-state index contributed by atoms with van der Waals surface area (Å²) in [4.78, 5) is 27.4. The molecule has 2 aromatic carbocycles. The molecule has 0 aromatic heterocycles. The molecule has 1 saturated heterocycles. The van der Waals surface area contributed by atoms with Gasteiger partial charge in [-0.25, -0.2) is 0 Å². The van der Waals surface area contributed by atoms with Crippen LogP contribution in [-0.2, 0) is 14.3 Å². The van der Waals surface area contributed by atoms with Crippen LogP contribution < -0.4 is 4.74 Å². The molecular weight excluding hydrogens is 382 g/mol. The minimum atomic E-state index is -0.697. The molecule has 2 aromatic rings. The van der Waals surface area contributed by atoms with Gasteiger partial charge in [0.05, 0.1) is 30.4 Å². The molecule has 6 heteroatoms. The lowest BCUT2D eigenvalue weighted by Crippen LogP contribution is -2.31. The highest BCUT2D eigenvalue weighted by atomic mass is 16.5. The average Bonchev–Trinajstić information content (AvgIpc) is 3.01. The number of para-hydroxylation sites is 1. The maximum absolute atomic E-state index is 13.0. The lowest BCUT2D eigenvalue weighted by Gasteiger charge is -2.25. The molecule has 1 heterocycles. The number of hydrogen-bond donors (Lipinski definition) is 1. The number of carbonyl (C=O) groups is 2. The van der Waals surface area contributed by atoms with E-state index in [0.717, 1.165) is 5.56 Å². The zero-order valence-electron chi connectivity index (χ0n) is 17.5. The second-order valence-corrected chi connectivity index (χ2v) is 7.38. The number of hydrogen-bond acceptors (Lipinski definition) is 5. The Kier molecular flexibility index (Phi) is 6.90. The van der Waals surface area contributed by atoms with Crippen LogP contribution in [0.1, 0.15) is 37.4 Å². The third kappa shape index (κ3) is 4.39. The van der Waals surface area contributed by atoms with Crippen LogP contribution >= 0.6 is 0 Å². The lowest BCUT2D eigenvalue weighted by atomic mass is 9.95. The molecule has 1 unspecified atom stereocenters. The van der Waals surface area contributed by atoms with Crippen molar-refractivity contribution in [1.29, 1.82) is 0 Å². The Hall–Kier alpha value is -3.12. The molecular formula is C24H27NO5. The number of benzene rings is 2. The van der Waals surface area contributed by atoms with Crippen molar-refractivity contribution in [2.45, 2.75) is 32.4 Å². The number of carbonyl (C=O) groups excluding carboxylic acids is 2. The fraction of sp³-hybridized carbons (Fsp3) is 0.333. The van der Waals surface area contributed by atoms with Gasteiger partial charge in [-0.15, -0.1) is 0 Å². The van der Waals surface area contributed by atoms with Crippen molar-refractivity contribution in [2.75, 3.05) is 20.3 Å². The van der Waals surface area contributed by atoms with E-state index in [2.05, 4.69) is 0 Å². The van der Waals surface area contributed by atoms with E-state index in [1.54, 1.807) is 24.3 Å². The van der Waals surface area contributed by atoms with E-state index in [4.69, 9.17) is 9.47 Å². The first-order valence-electron chi connectivity index (χ1n) is 10.0. The van der Waals surface area contributed by atoms with Gasteiger partial charge in [-0.05, 0) is 38.0 Å². The van der Waals surface area contributed by atoms with Crippen molar-refractivity contribution in [3.63, 3.8) is 0 Å². The van der Waals surface area contributed by atoms with Crippen molar-refractivity contribution >= 4 is 17.4 Å². The van der Waals surface area contributed by atoms with Gasteiger partial charge in [-0.1, -0.05) is 42.5 Å². The van der Waals surface area contributed by atoms with Crippen LogP contribution in [0.5, 0.6) is 5.75 Å². The third-order valence-electron chi connectivity index (χ3n) is 5.01. The minimum absolute atomic E-state index is 0.0699. The molecule has 0 aliphatic carbocycles. The van der Waals surface area contributed by atoms with Crippen LogP contribution in [0, 0.1) is 0 Å². The largest absolute Gasteiger partial charge is 0.507 e. The Bertz CT molecular complexity index is 936. The van der Waals surface area contributed by atoms with Crippen molar-refractivity contribution in [3.05, 3.63) is 71.3 Å². The number of methoxy groups -OCH3 is 1. The van der Waals surface area contributed by atoms with Crippen LogP contribution in [0.3, 0.4) is 0 Å². The zero-order valence-corrected chi connectivity index (χ0v) is 17.5. The highest BCUT2D eigenvalue weighted by molar-refractivity contribution is 6.46. The molecule has 1 N–H and O–H groups in total. The van der Waals surface area contributed by atoms with Gasteiger partial charge in [0.1, 0.15) is 11.5 Å². The number of ketones is 1. The van der Waals surface area contributed by atoms with Crippen LogP contribution in [0.15, 0.2) is 60.2 Å². The monoisotopic (exact) mass is 409 g/mol. The van der Waals surface area contributed by atoms with Gasteiger partial charge in [0.25, 0.3) is 11.7 Å². The third-order valence-corrected chi connectivity index (χ3v) is 5.01. The molecule has 30 heavy (non-hydrogen) atoms. The predicted molar refractivity (Wildman–Crippen MR) is 114 cm³/mol. The van der Waals surface area contributed by atoms with E-state index in [-0.39, 0.29) is 17.4 Å². The summed E-state index contributed by atoms with van der Waals surface area (Å²) in [5.74, 6) is -1.12. The molecule has 1 fully saturated rings. The molecule has 0 bridgehead atoms. The SMILES string of the molecule is COc1ccccc1/C(O)=C1/C(=O)C(=O)N(CCCOC(C)C)C1c1ccccc1. The quantitative estimate of drug-likeness (QED) is 0.309. The van der Waals surface area contributed by atoms with Crippen LogP contribution in [0.4, 0.5) is 0 Å². The maximum Gasteiger partial charge on any atom is 0.295 e. The number of ether oxygens (including phenoxy) is 2. The number of aliphatic hydroxyl groups excluding tert-OH is 1. The summed E-state index contributed by atoms with van der Waals surface area (Å²) in [5.41, 5.74) is 1.21. The van der Waals surface area contributed by atoms with Gasteiger partial charge in [-0.3, -0.25) is 9.59 Å². The first-order valence-corrected chi connectivity index (χ1v) is 10.0. The molecule has 1 atom stereocenters. The minimum Gasteiger partial charge on any atom is -0.507 e. The van der Waals surface area contributed by atoms with Crippen LogP contribution in [-0.4, -0.2) is 48.1 Å². The van der Waals surface area contributed by atoms with E-state index in [9.17, 15) is 14.7 Å². The molecule has 0 spiro atoms. The Morgan fingerprint density at radius 2 is 1.73 bits per heavy atom. The normalized spacial score (nSPS) is 18.3. The van der Waals surface area contributed by atoms with E-state index in [0.29, 0.717) is 30.9 Å². The zero-order chi connectivity index (χ0) is 21.7. The second-order valence-electron chi connectivity index (χ2n) is 7.38. The number of nitrogens with zero attached hydrogens (tertiary/aromatic N) is 1. The first-order chi connectivity index (χ1) is 14.5. The summed E-state index contributed by atoms with van der Waals surface area (Å²) >= 11 is 0. The fourth-order valence-electron chi connectivity index (χ4n) is 3.63. The summed E-state index contributed by atoms with van der Waals surface area (Å²) in [6.45, 7) is 4.72. The Morgan fingerprint density at radius 3 is 2.40 bits per heavy atom. The van der Waals surface area contributed by atoms with Crippen LogP contribution in [0.25, 0.3) is 5.76 Å². The number of aliphatic hydroxyl groups is 1. The molecule has 3 rings (SSSR count). The molecule has 158 valence electrons. The van der Waals surface area contributed by atoms with Gasteiger partial charge in [0, 0.05) is 13.2 Å². The maximum atomic E-state index is 13.0. The molecule has 0 saturated carbocycles. The topological polar surface area (TPSA) is 76.1 Å². The number of rotatable bonds is 8. The number of likely N-dealkylation sites (tertiary alicyclic amines) is 1. The van der Waals surface area contributed by atoms with Crippen molar-refractivity contribution in [2.24, 2.45) is 0 Å². The van der Waals surface area contributed by atoms with E-state index < -0.39 is 17.7 Å². The number of Topliss-reactive ketones (excluding diaryl/α,β-unsaturated/α-hetero) is 1. The average molecular weight is 409 g/mol. The molecule has 6 nitrogen and oxygen atoms in total. The van der Waals surface area contributed by atoms with Crippen molar-refractivity contribution < 1.29 is 24.2 Å². The molecule has 0 radical (unpaired) electrons. The lowest BCUT2D eigenvalue weighted by molar-refractivity contribution is -0.140. The van der Waals surface area contributed by atoms with Gasteiger partial charge in [0.15, 0.2) is 0 Å². The highest BCUT2D eigenvalue weighted by Gasteiger charge is 2.45. The summed E-state index contributed by atoms with van der Waals surface area (Å²) < 4.78 is 10.9. The second kappa shape index (κ2) is 9.59. The Morgan fingerprint density at radius 1 is 1.07 bits per heavy atom. The van der Waals surface area contributed by atoms with E-state index in [1.807, 2.05) is 44.2 Å². The number of amides is 1.